The smallest absolute Gasteiger partial charge is 0.194 e. The molecule has 3 nitrogen and oxygen atoms in total. The van der Waals surface area contributed by atoms with Crippen LogP contribution in [-0.4, -0.2) is 20.7 Å². The summed E-state index contributed by atoms with van der Waals surface area (Å²) in [5, 5.41) is 0.488. The van der Waals surface area contributed by atoms with Crippen LogP contribution in [0.15, 0.2) is 6.07 Å². The summed E-state index contributed by atoms with van der Waals surface area (Å²) in [7, 11) is 0. The SMILES string of the molecule is Cc1cc(C(=O)C(C)Cl)c(C)n1-c1nc2c(s1)CCCC2. The van der Waals surface area contributed by atoms with Crippen LogP contribution in [0.5, 0.6) is 0 Å². The summed E-state index contributed by atoms with van der Waals surface area (Å²) in [4.78, 5) is 18.4. The zero-order valence-corrected chi connectivity index (χ0v) is 14.1. The van der Waals surface area contributed by atoms with Gasteiger partial charge in [0.2, 0.25) is 0 Å². The number of fused-ring (bicyclic) bond motifs is 1. The molecule has 21 heavy (non-hydrogen) atoms. The molecule has 0 amide bonds. The molecule has 3 rings (SSSR count). The van der Waals surface area contributed by atoms with E-state index in [1.54, 1.807) is 18.3 Å². The average molecular weight is 323 g/mol. The van der Waals surface area contributed by atoms with E-state index in [1.165, 1.54) is 23.4 Å². The molecule has 1 atom stereocenters. The summed E-state index contributed by atoms with van der Waals surface area (Å²) >= 11 is 7.71. The number of carbonyl (C=O) groups excluding carboxylic acids is 1. The van der Waals surface area contributed by atoms with Crippen molar-refractivity contribution in [2.45, 2.75) is 51.8 Å². The van der Waals surface area contributed by atoms with E-state index >= 15 is 0 Å². The van der Waals surface area contributed by atoms with Crippen LogP contribution < -0.4 is 0 Å². The fourth-order valence-electron chi connectivity index (χ4n) is 2.95. The molecule has 0 spiro atoms. The van der Waals surface area contributed by atoms with Gasteiger partial charge >= 0.3 is 0 Å². The van der Waals surface area contributed by atoms with Gasteiger partial charge in [-0.1, -0.05) is 0 Å². The monoisotopic (exact) mass is 322 g/mol. The Bertz CT molecular complexity index is 676. The van der Waals surface area contributed by atoms with Gasteiger partial charge in [-0.2, -0.15) is 0 Å². The number of nitrogens with zero attached hydrogens (tertiary/aromatic N) is 2. The van der Waals surface area contributed by atoms with Crippen LogP contribution in [0.3, 0.4) is 0 Å². The third-order valence-electron chi connectivity index (χ3n) is 4.08. The minimum Gasteiger partial charge on any atom is -0.294 e. The Labute approximate surface area is 134 Å². The fourth-order valence-corrected chi connectivity index (χ4v) is 4.33. The molecule has 0 saturated carbocycles. The van der Waals surface area contributed by atoms with Crippen LogP contribution in [0.25, 0.3) is 5.13 Å². The van der Waals surface area contributed by atoms with Crippen LogP contribution >= 0.6 is 22.9 Å². The molecule has 0 radical (unpaired) electrons. The molecule has 0 fully saturated rings. The minimum absolute atomic E-state index is 0.0164. The number of Topliss-reactive ketones (excluding diaryl/α,β-unsaturated/α-hetero) is 1. The lowest BCUT2D eigenvalue weighted by Crippen LogP contribution is -2.11. The molecule has 0 bridgehead atoms. The van der Waals surface area contributed by atoms with Gasteiger partial charge in [-0.25, -0.2) is 4.98 Å². The van der Waals surface area contributed by atoms with E-state index in [2.05, 4.69) is 4.57 Å². The molecule has 0 aliphatic heterocycles. The van der Waals surface area contributed by atoms with Crippen LogP contribution in [0.4, 0.5) is 0 Å². The summed E-state index contributed by atoms with van der Waals surface area (Å²) in [5.41, 5.74) is 3.94. The van der Waals surface area contributed by atoms with Crippen molar-refractivity contribution >= 4 is 28.7 Å². The van der Waals surface area contributed by atoms with E-state index in [0.717, 1.165) is 29.4 Å². The Kier molecular flexibility index (Phi) is 3.93. The van der Waals surface area contributed by atoms with Crippen molar-refractivity contribution in [3.63, 3.8) is 0 Å². The van der Waals surface area contributed by atoms with E-state index in [-0.39, 0.29) is 5.78 Å². The van der Waals surface area contributed by atoms with Crippen LogP contribution in [0, 0.1) is 13.8 Å². The fraction of sp³-hybridized carbons (Fsp3) is 0.500. The van der Waals surface area contributed by atoms with Gasteiger partial charge in [0.05, 0.1) is 11.1 Å². The Hall–Kier alpha value is -1.13. The van der Waals surface area contributed by atoms with Crippen molar-refractivity contribution < 1.29 is 4.79 Å². The lowest BCUT2D eigenvalue weighted by Gasteiger charge is -2.06. The molecule has 1 aliphatic carbocycles. The number of thiazole rings is 1. The van der Waals surface area contributed by atoms with Gasteiger partial charge in [-0.05, 0) is 52.5 Å². The second-order valence-electron chi connectivity index (χ2n) is 5.67. The van der Waals surface area contributed by atoms with Crippen molar-refractivity contribution in [1.82, 2.24) is 9.55 Å². The predicted molar refractivity (Wildman–Crippen MR) is 87.2 cm³/mol. The minimum atomic E-state index is -0.497. The normalized spacial score (nSPS) is 15.8. The number of rotatable bonds is 3. The van der Waals surface area contributed by atoms with Gasteiger partial charge in [0, 0.05) is 21.8 Å². The third-order valence-corrected chi connectivity index (χ3v) is 5.42. The second-order valence-corrected chi connectivity index (χ2v) is 7.39. The Morgan fingerprint density at radius 2 is 2.10 bits per heavy atom. The third kappa shape index (κ3) is 2.55. The van der Waals surface area contributed by atoms with E-state index in [9.17, 15) is 4.79 Å². The quantitative estimate of drug-likeness (QED) is 0.626. The first-order valence-electron chi connectivity index (χ1n) is 7.35. The lowest BCUT2D eigenvalue weighted by molar-refractivity contribution is 0.0991. The lowest BCUT2D eigenvalue weighted by atomic mass is 10.0. The number of halogens is 1. The molecule has 0 saturated heterocycles. The first kappa shape index (κ1) is 14.8. The van der Waals surface area contributed by atoms with Crippen molar-refractivity contribution in [2.75, 3.05) is 0 Å². The highest BCUT2D eigenvalue weighted by atomic mass is 35.5. The van der Waals surface area contributed by atoms with Gasteiger partial charge in [0.1, 0.15) is 0 Å². The molecule has 2 aromatic heterocycles. The topological polar surface area (TPSA) is 34.9 Å². The summed E-state index contributed by atoms with van der Waals surface area (Å²) < 4.78 is 2.09. The van der Waals surface area contributed by atoms with Gasteiger partial charge in [0.15, 0.2) is 10.9 Å². The zero-order chi connectivity index (χ0) is 15.1. The standard InChI is InChI=1S/C16H19ClN2OS/c1-9-8-12(15(20)10(2)17)11(3)19(9)16-18-13-6-4-5-7-14(13)21-16/h8,10H,4-7H2,1-3H3. The maximum absolute atomic E-state index is 12.2. The number of aromatic nitrogens is 2. The number of aryl methyl sites for hydroxylation is 3. The maximum atomic E-state index is 12.2. The van der Waals surface area contributed by atoms with Crippen molar-refractivity contribution in [3.8, 4) is 5.13 Å². The molecule has 5 heteroatoms. The predicted octanol–water partition coefficient (Wildman–Crippen LogP) is 4.24. The molecule has 112 valence electrons. The molecule has 1 aliphatic rings. The van der Waals surface area contributed by atoms with Crippen molar-refractivity contribution in [1.29, 1.82) is 0 Å². The Morgan fingerprint density at radius 3 is 2.76 bits per heavy atom. The summed E-state index contributed by atoms with van der Waals surface area (Å²) in [6.45, 7) is 5.71. The molecule has 1 unspecified atom stereocenters. The van der Waals surface area contributed by atoms with Crippen LogP contribution in [0.2, 0.25) is 0 Å². The van der Waals surface area contributed by atoms with Gasteiger partial charge in [-0.3, -0.25) is 9.36 Å². The van der Waals surface area contributed by atoms with E-state index < -0.39 is 5.38 Å². The van der Waals surface area contributed by atoms with E-state index in [4.69, 9.17) is 16.6 Å². The summed E-state index contributed by atoms with van der Waals surface area (Å²) in [6, 6.07) is 1.93. The second kappa shape index (κ2) is 5.58. The first-order valence-corrected chi connectivity index (χ1v) is 8.60. The van der Waals surface area contributed by atoms with Crippen molar-refractivity contribution in [2.24, 2.45) is 0 Å². The van der Waals surface area contributed by atoms with Crippen molar-refractivity contribution in [3.05, 3.63) is 33.6 Å². The zero-order valence-electron chi connectivity index (χ0n) is 12.6. The van der Waals surface area contributed by atoms with Gasteiger partial charge < -0.3 is 0 Å². The highest BCUT2D eigenvalue weighted by Gasteiger charge is 2.23. The number of ketones is 1. The maximum Gasteiger partial charge on any atom is 0.194 e. The summed E-state index contributed by atoms with van der Waals surface area (Å²) in [5.74, 6) is -0.0164. The van der Waals surface area contributed by atoms with Gasteiger partial charge in [-0.15, -0.1) is 22.9 Å². The molecular formula is C16H19ClN2OS. The largest absolute Gasteiger partial charge is 0.294 e. The number of carbonyl (C=O) groups is 1. The Morgan fingerprint density at radius 1 is 1.38 bits per heavy atom. The Balaban J connectivity index is 2.06. The highest BCUT2D eigenvalue weighted by Crippen LogP contribution is 2.31. The van der Waals surface area contributed by atoms with E-state index in [0.29, 0.717) is 5.56 Å². The molecule has 2 heterocycles. The molecular weight excluding hydrogens is 304 g/mol. The first-order chi connectivity index (χ1) is 9.99. The number of alkyl halides is 1. The van der Waals surface area contributed by atoms with Crippen LogP contribution in [0.1, 0.15) is 52.1 Å². The van der Waals surface area contributed by atoms with E-state index in [1.807, 2.05) is 19.9 Å². The number of hydrogen-bond donors (Lipinski definition) is 0. The average Bonchev–Trinajstić information content (AvgIpc) is 2.98. The number of hydrogen-bond acceptors (Lipinski definition) is 3. The molecule has 2 aromatic rings. The van der Waals surface area contributed by atoms with Crippen LogP contribution in [-0.2, 0) is 12.8 Å². The molecule has 0 N–H and O–H groups in total. The van der Waals surface area contributed by atoms with Gasteiger partial charge in [0.25, 0.3) is 0 Å². The highest BCUT2D eigenvalue weighted by molar-refractivity contribution is 7.14. The summed E-state index contributed by atoms with van der Waals surface area (Å²) in [6.07, 6.45) is 4.70. The molecule has 0 aromatic carbocycles.